The number of anilines is 1. The molecule has 7 nitrogen and oxygen atoms in total. The Bertz CT molecular complexity index is 466. The number of aromatic nitrogens is 2. The summed E-state index contributed by atoms with van der Waals surface area (Å²) in [6.07, 6.45) is 7.86. The molecule has 0 aromatic carbocycles. The van der Waals surface area contributed by atoms with Gasteiger partial charge in [-0.05, 0) is 18.8 Å². The highest BCUT2D eigenvalue weighted by Crippen LogP contribution is 2.29. The molecule has 108 valence electrons. The molecule has 2 amide bonds. The van der Waals surface area contributed by atoms with E-state index in [0.717, 1.165) is 19.3 Å². The number of carboxylic acid groups (broad SMARTS) is 1. The van der Waals surface area contributed by atoms with E-state index in [1.165, 1.54) is 18.7 Å². The molecule has 1 aliphatic carbocycles. The van der Waals surface area contributed by atoms with Crippen LogP contribution in [-0.2, 0) is 4.79 Å². The first-order valence-corrected chi connectivity index (χ1v) is 6.69. The summed E-state index contributed by atoms with van der Waals surface area (Å²) < 4.78 is 0. The molecule has 0 bridgehead atoms. The standard InChI is InChI=1S/C13H18N4O3/c18-12(19)11-4-2-1-3-9(11)5-16-13(20)17-10-6-14-8-15-7-10/h6-9,11H,1-5H2,(H,18,19)(H2,16,17,20). The number of hydrogen-bond donors (Lipinski definition) is 3. The van der Waals surface area contributed by atoms with Crippen molar-refractivity contribution in [2.75, 3.05) is 11.9 Å². The van der Waals surface area contributed by atoms with Crippen molar-refractivity contribution < 1.29 is 14.7 Å². The van der Waals surface area contributed by atoms with Gasteiger partial charge in [0.15, 0.2) is 0 Å². The lowest BCUT2D eigenvalue weighted by Crippen LogP contribution is -2.38. The van der Waals surface area contributed by atoms with Gasteiger partial charge >= 0.3 is 12.0 Å². The summed E-state index contributed by atoms with van der Waals surface area (Å²) in [7, 11) is 0. The summed E-state index contributed by atoms with van der Waals surface area (Å²) in [4.78, 5) is 30.4. The fourth-order valence-electron chi connectivity index (χ4n) is 2.54. The summed E-state index contributed by atoms with van der Waals surface area (Å²) in [6, 6.07) is -0.366. The van der Waals surface area contributed by atoms with Gasteiger partial charge in [-0.2, -0.15) is 0 Å². The van der Waals surface area contributed by atoms with E-state index < -0.39 is 5.97 Å². The molecule has 2 atom stereocenters. The van der Waals surface area contributed by atoms with E-state index in [0.29, 0.717) is 18.7 Å². The second-order valence-electron chi connectivity index (χ2n) is 4.95. The van der Waals surface area contributed by atoms with Gasteiger partial charge in [-0.25, -0.2) is 14.8 Å². The molecule has 2 unspecified atom stereocenters. The van der Waals surface area contributed by atoms with Crippen LogP contribution in [0.2, 0.25) is 0 Å². The Kier molecular flexibility index (Phi) is 4.86. The fraction of sp³-hybridized carbons (Fsp3) is 0.538. The number of carbonyl (C=O) groups is 2. The third kappa shape index (κ3) is 3.91. The molecule has 1 saturated carbocycles. The van der Waals surface area contributed by atoms with Crippen molar-refractivity contribution in [1.82, 2.24) is 15.3 Å². The normalized spacial score (nSPS) is 22.0. The van der Waals surface area contributed by atoms with Gasteiger partial charge in [-0.3, -0.25) is 4.79 Å². The maximum Gasteiger partial charge on any atom is 0.319 e. The largest absolute Gasteiger partial charge is 0.481 e. The Morgan fingerprint density at radius 2 is 1.95 bits per heavy atom. The van der Waals surface area contributed by atoms with Crippen molar-refractivity contribution >= 4 is 17.7 Å². The minimum Gasteiger partial charge on any atom is -0.481 e. The summed E-state index contributed by atoms with van der Waals surface area (Å²) in [5, 5.41) is 14.5. The van der Waals surface area contributed by atoms with Crippen LogP contribution < -0.4 is 10.6 Å². The maximum absolute atomic E-state index is 11.7. The average molecular weight is 278 g/mol. The molecule has 7 heteroatoms. The minimum absolute atomic E-state index is 0.000904. The number of rotatable bonds is 4. The zero-order valence-corrected chi connectivity index (χ0v) is 11.1. The number of nitrogens with zero attached hydrogens (tertiary/aromatic N) is 2. The van der Waals surface area contributed by atoms with Gasteiger partial charge in [0, 0.05) is 6.54 Å². The van der Waals surface area contributed by atoms with Crippen LogP contribution in [0.25, 0.3) is 0 Å². The fourth-order valence-corrected chi connectivity index (χ4v) is 2.54. The number of nitrogens with one attached hydrogen (secondary N) is 2. The van der Waals surface area contributed by atoms with Gasteiger partial charge < -0.3 is 15.7 Å². The number of carbonyl (C=O) groups excluding carboxylic acids is 1. The first kappa shape index (κ1) is 14.2. The zero-order valence-electron chi connectivity index (χ0n) is 11.1. The maximum atomic E-state index is 11.7. The van der Waals surface area contributed by atoms with Crippen molar-refractivity contribution in [2.45, 2.75) is 25.7 Å². The Hall–Kier alpha value is -2.18. The van der Waals surface area contributed by atoms with E-state index in [1.54, 1.807) is 0 Å². The summed E-state index contributed by atoms with van der Waals surface area (Å²) >= 11 is 0. The van der Waals surface area contributed by atoms with E-state index >= 15 is 0 Å². The van der Waals surface area contributed by atoms with E-state index in [9.17, 15) is 9.59 Å². The Labute approximate surface area is 116 Å². The monoisotopic (exact) mass is 278 g/mol. The lowest BCUT2D eigenvalue weighted by atomic mass is 9.79. The van der Waals surface area contributed by atoms with Crippen molar-refractivity contribution in [3.63, 3.8) is 0 Å². The second-order valence-corrected chi connectivity index (χ2v) is 4.95. The predicted octanol–water partition coefficient (Wildman–Crippen LogP) is 1.49. The first-order valence-electron chi connectivity index (χ1n) is 6.69. The number of amides is 2. The molecule has 1 fully saturated rings. The van der Waals surface area contributed by atoms with Crippen LogP contribution in [0, 0.1) is 11.8 Å². The molecular formula is C13H18N4O3. The quantitative estimate of drug-likeness (QED) is 0.774. The van der Waals surface area contributed by atoms with Crippen LogP contribution in [0.4, 0.5) is 10.5 Å². The van der Waals surface area contributed by atoms with Gasteiger partial charge in [-0.15, -0.1) is 0 Å². The van der Waals surface area contributed by atoms with Crippen LogP contribution in [0.15, 0.2) is 18.7 Å². The van der Waals surface area contributed by atoms with Crippen LogP contribution in [-0.4, -0.2) is 33.6 Å². The minimum atomic E-state index is -0.770. The van der Waals surface area contributed by atoms with Crippen LogP contribution in [0.5, 0.6) is 0 Å². The SMILES string of the molecule is O=C(NCC1CCCCC1C(=O)O)Nc1cncnc1. The van der Waals surface area contributed by atoms with Gasteiger partial charge in [0.05, 0.1) is 24.0 Å². The van der Waals surface area contributed by atoms with Gasteiger partial charge in [0.25, 0.3) is 0 Å². The molecule has 1 aromatic rings. The van der Waals surface area contributed by atoms with Crippen molar-refractivity contribution in [3.05, 3.63) is 18.7 Å². The van der Waals surface area contributed by atoms with E-state index in [-0.39, 0.29) is 17.9 Å². The first-order chi connectivity index (χ1) is 9.66. The van der Waals surface area contributed by atoms with Crippen LogP contribution in [0.1, 0.15) is 25.7 Å². The Morgan fingerprint density at radius 3 is 2.65 bits per heavy atom. The molecule has 0 spiro atoms. The third-order valence-electron chi connectivity index (χ3n) is 3.57. The van der Waals surface area contributed by atoms with E-state index in [2.05, 4.69) is 20.6 Å². The van der Waals surface area contributed by atoms with E-state index in [4.69, 9.17) is 5.11 Å². The van der Waals surface area contributed by atoms with Gasteiger partial charge in [0.1, 0.15) is 6.33 Å². The topological polar surface area (TPSA) is 104 Å². The zero-order chi connectivity index (χ0) is 14.4. The summed E-state index contributed by atoms with van der Waals surface area (Å²) in [5.74, 6) is -1.13. The van der Waals surface area contributed by atoms with Crippen LogP contribution in [0.3, 0.4) is 0 Å². The smallest absolute Gasteiger partial charge is 0.319 e. The predicted molar refractivity (Wildman–Crippen MR) is 72.1 cm³/mol. The van der Waals surface area contributed by atoms with Crippen molar-refractivity contribution in [3.8, 4) is 0 Å². The van der Waals surface area contributed by atoms with Crippen LogP contribution >= 0.6 is 0 Å². The van der Waals surface area contributed by atoms with Crippen molar-refractivity contribution in [2.24, 2.45) is 11.8 Å². The molecule has 0 aliphatic heterocycles. The van der Waals surface area contributed by atoms with Gasteiger partial charge in [0.2, 0.25) is 0 Å². The molecule has 1 heterocycles. The molecule has 0 radical (unpaired) electrons. The second kappa shape index (κ2) is 6.83. The molecule has 0 saturated heterocycles. The molecule has 2 rings (SSSR count). The molecule has 20 heavy (non-hydrogen) atoms. The Morgan fingerprint density at radius 1 is 1.25 bits per heavy atom. The average Bonchev–Trinajstić information content (AvgIpc) is 2.46. The number of hydrogen-bond acceptors (Lipinski definition) is 4. The highest BCUT2D eigenvalue weighted by molar-refractivity contribution is 5.88. The summed E-state index contributed by atoms with van der Waals surface area (Å²) in [6.45, 7) is 0.372. The molecule has 1 aliphatic rings. The molecule has 3 N–H and O–H groups in total. The molecule has 1 aromatic heterocycles. The number of aliphatic carboxylic acids is 1. The highest BCUT2D eigenvalue weighted by atomic mass is 16.4. The lowest BCUT2D eigenvalue weighted by Gasteiger charge is -2.28. The number of urea groups is 1. The van der Waals surface area contributed by atoms with E-state index in [1.807, 2.05) is 0 Å². The molecular weight excluding hydrogens is 260 g/mol. The van der Waals surface area contributed by atoms with Gasteiger partial charge in [-0.1, -0.05) is 12.8 Å². The summed E-state index contributed by atoms with van der Waals surface area (Å²) in [5.41, 5.74) is 0.503. The highest BCUT2D eigenvalue weighted by Gasteiger charge is 2.30. The lowest BCUT2D eigenvalue weighted by molar-refractivity contribution is -0.144. The Balaban J connectivity index is 1.81. The van der Waals surface area contributed by atoms with Crippen molar-refractivity contribution in [1.29, 1.82) is 0 Å². The number of carboxylic acids is 1. The third-order valence-corrected chi connectivity index (χ3v) is 3.57.